The number of hydrogen-bond acceptors (Lipinski definition) is 5. The van der Waals surface area contributed by atoms with Crippen LogP contribution >= 0.6 is 0 Å². The normalized spacial score (nSPS) is 11.6. The Morgan fingerprint density at radius 3 is 2.54 bits per heavy atom. The first-order chi connectivity index (χ1) is 13.5. The number of hydrogen-bond donors (Lipinski definition) is 2. The summed E-state index contributed by atoms with van der Waals surface area (Å²) in [5, 5.41) is 6.56. The molecule has 0 aliphatic heterocycles. The minimum atomic E-state index is -0.916. The third-order valence-electron chi connectivity index (χ3n) is 4.35. The van der Waals surface area contributed by atoms with Crippen LogP contribution in [0.1, 0.15) is 39.0 Å². The van der Waals surface area contributed by atoms with Crippen molar-refractivity contribution in [2.75, 3.05) is 0 Å². The summed E-state index contributed by atoms with van der Waals surface area (Å²) in [4.78, 5) is 24.4. The molecule has 0 saturated heterocycles. The van der Waals surface area contributed by atoms with E-state index in [4.69, 9.17) is 15.0 Å². The van der Waals surface area contributed by atoms with E-state index in [0.717, 1.165) is 11.3 Å². The van der Waals surface area contributed by atoms with Gasteiger partial charge in [-0.15, -0.1) is 0 Å². The summed E-state index contributed by atoms with van der Waals surface area (Å²) in [7, 11) is 0. The molecule has 0 spiro atoms. The molecular formula is C21H21N3O4. The molecule has 0 aliphatic carbocycles. The third kappa shape index (κ3) is 4.37. The highest BCUT2D eigenvalue weighted by Gasteiger charge is 2.21. The van der Waals surface area contributed by atoms with Crippen molar-refractivity contribution in [2.45, 2.75) is 26.5 Å². The highest BCUT2D eigenvalue weighted by Crippen LogP contribution is 2.19. The molecular weight excluding hydrogens is 358 g/mol. The molecule has 0 aliphatic rings. The highest BCUT2D eigenvalue weighted by molar-refractivity contribution is 5.97. The standard InChI is InChI=1S/C21H21N3O4/c1-13-18(14(2)28-24-13)12-27-17-10-6-9-16(11-17)21(26)23-19(20(22)25)15-7-4-3-5-8-15/h3-11,19H,12H2,1-2H3,(H2,22,25)(H,23,26). The number of aromatic nitrogens is 1. The predicted octanol–water partition coefficient (Wildman–Crippen LogP) is 2.83. The largest absolute Gasteiger partial charge is 0.489 e. The fourth-order valence-corrected chi connectivity index (χ4v) is 2.77. The zero-order valence-electron chi connectivity index (χ0n) is 15.6. The van der Waals surface area contributed by atoms with E-state index in [9.17, 15) is 9.59 Å². The van der Waals surface area contributed by atoms with Crippen LogP contribution < -0.4 is 15.8 Å². The molecule has 3 rings (SSSR count). The SMILES string of the molecule is Cc1noc(C)c1COc1cccc(C(=O)NC(C(N)=O)c2ccccc2)c1. The molecule has 1 heterocycles. The van der Waals surface area contributed by atoms with E-state index < -0.39 is 17.9 Å². The molecule has 1 unspecified atom stereocenters. The van der Waals surface area contributed by atoms with Gasteiger partial charge in [-0.25, -0.2) is 0 Å². The number of primary amides is 1. The Labute approximate surface area is 162 Å². The van der Waals surface area contributed by atoms with E-state index >= 15 is 0 Å². The lowest BCUT2D eigenvalue weighted by Crippen LogP contribution is -2.37. The van der Waals surface area contributed by atoms with Gasteiger partial charge in [0.1, 0.15) is 24.2 Å². The van der Waals surface area contributed by atoms with Gasteiger partial charge in [-0.2, -0.15) is 0 Å². The van der Waals surface area contributed by atoms with Crippen molar-refractivity contribution < 1.29 is 18.8 Å². The quantitative estimate of drug-likeness (QED) is 0.656. The van der Waals surface area contributed by atoms with Crippen molar-refractivity contribution in [1.82, 2.24) is 10.5 Å². The minimum Gasteiger partial charge on any atom is -0.489 e. The lowest BCUT2D eigenvalue weighted by molar-refractivity contribution is -0.120. The molecule has 0 saturated carbocycles. The lowest BCUT2D eigenvalue weighted by Gasteiger charge is -2.16. The Bertz CT molecular complexity index is 963. The van der Waals surface area contributed by atoms with Crippen LogP contribution in [0.25, 0.3) is 0 Å². The fourth-order valence-electron chi connectivity index (χ4n) is 2.77. The van der Waals surface area contributed by atoms with Gasteiger partial charge in [-0.1, -0.05) is 41.6 Å². The van der Waals surface area contributed by atoms with E-state index in [1.165, 1.54) is 0 Å². The number of benzene rings is 2. The summed E-state index contributed by atoms with van der Waals surface area (Å²) in [6, 6.07) is 14.6. The van der Waals surface area contributed by atoms with E-state index in [0.29, 0.717) is 22.6 Å². The molecule has 1 aromatic heterocycles. The Balaban J connectivity index is 1.72. The van der Waals surface area contributed by atoms with Crippen molar-refractivity contribution in [3.63, 3.8) is 0 Å². The van der Waals surface area contributed by atoms with Gasteiger partial charge in [0, 0.05) is 5.56 Å². The molecule has 0 bridgehead atoms. The number of nitrogens with two attached hydrogens (primary N) is 1. The maximum absolute atomic E-state index is 12.6. The van der Waals surface area contributed by atoms with E-state index in [-0.39, 0.29) is 6.61 Å². The first kappa shape index (κ1) is 19.2. The van der Waals surface area contributed by atoms with Gasteiger partial charge in [0.05, 0.1) is 11.3 Å². The second kappa shape index (κ2) is 8.39. The van der Waals surface area contributed by atoms with Crippen LogP contribution in [0.2, 0.25) is 0 Å². The number of amides is 2. The fraction of sp³-hybridized carbons (Fsp3) is 0.190. The van der Waals surface area contributed by atoms with Crippen LogP contribution in [0.5, 0.6) is 5.75 Å². The summed E-state index contributed by atoms with van der Waals surface area (Å²) >= 11 is 0. The number of nitrogens with zero attached hydrogens (tertiary/aromatic N) is 1. The Morgan fingerprint density at radius 2 is 1.89 bits per heavy atom. The molecule has 2 aromatic carbocycles. The van der Waals surface area contributed by atoms with Crippen molar-refractivity contribution in [2.24, 2.45) is 5.73 Å². The number of rotatable bonds is 7. The van der Waals surface area contributed by atoms with Crippen LogP contribution in [0.4, 0.5) is 0 Å². The summed E-state index contributed by atoms with van der Waals surface area (Å²) in [5.74, 6) is 0.155. The minimum absolute atomic E-state index is 0.278. The Kier molecular flexibility index (Phi) is 5.74. The average Bonchev–Trinajstić information content (AvgIpc) is 3.02. The number of ether oxygens (including phenoxy) is 1. The first-order valence-electron chi connectivity index (χ1n) is 8.75. The van der Waals surface area contributed by atoms with Crippen molar-refractivity contribution in [1.29, 1.82) is 0 Å². The van der Waals surface area contributed by atoms with Gasteiger partial charge in [-0.05, 0) is 37.6 Å². The van der Waals surface area contributed by atoms with Gasteiger partial charge in [0.15, 0.2) is 0 Å². The molecule has 1 atom stereocenters. The monoisotopic (exact) mass is 379 g/mol. The highest BCUT2D eigenvalue weighted by atomic mass is 16.5. The van der Waals surface area contributed by atoms with Crippen molar-refractivity contribution >= 4 is 11.8 Å². The molecule has 144 valence electrons. The molecule has 0 fully saturated rings. The molecule has 2 amide bonds. The number of carbonyl (C=O) groups excluding carboxylic acids is 2. The number of aryl methyl sites for hydroxylation is 2. The third-order valence-corrected chi connectivity index (χ3v) is 4.35. The van der Waals surface area contributed by atoms with Gasteiger partial charge >= 0.3 is 0 Å². The Hall–Kier alpha value is -3.61. The summed E-state index contributed by atoms with van der Waals surface area (Å²) in [5.41, 5.74) is 8.07. The van der Waals surface area contributed by atoms with Crippen molar-refractivity contribution in [3.8, 4) is 5.75 Å². The maximum atomic E-state index is 12.6. The second-order valence-corrected chi connectivity index (χ2v) is 6.34. The van der Waals surface area contributed by atoms with Crippen LogP contribution in [-0.4, -0.2) is 17.0 Å². The van der Waals surface area contributed by atoms with E-state index in [2.05, 4.69) is 10.5 Å². The molecule has 28 heavy (non-hydrogen) atoms. The van der Waals surface area contributed by atoms with Gasteiger partial charge in [-0.3, -0.25) is 9.59 Å². The lowest BCUT2D eigenvalue weighted by atomic mass is 10.1. The van der Waals surface area contributed by atoms with E-state index in [1.807, 2.05) is 19.9 Å². The first-order valence-corrected chi connectivity index (χ1v) is 8.75. The number of nitrogens with one attached hydrogen (secondary N) is 1. The van der Waals surface area contributed by atoms with Crippen LogP contribution in [0, 0.1) is 13.8 Å². The van der Waals surface area contributed by atoms with Crippen LogP contribution in [0.15, 0.2) is 59.1 Å². The molecule has 3 N–H and O–H groups in total. The topological polar surface area (TPSA) is 107 Å². The van der Waals surface area contributed by atoms with Gasteiger partial charge in [0.2, 0.25) is 5.91 Å². The zero-order chi connectivity index (χ0) is 20.1. The summed E-state index contributed by atoms with van der Waals surface area (Å²) in [6.45, 7) is 3.93. The van der Waals surface area contributed by atoms with Crippen molar-refractivity contribution in [3.05, 3.63) is 82.7 Å². The molecule has 0 radical (unpaired) electrons. The maximum Gasteiger partial charge on any atom is 0.252 e. The Morgan fingerprint density at radius 1 is 1.14 bits per heavy atom. The molecule has 7 heteroatoms. The summed E-state index contributed by atoms with van der Waals surface area (Å²) in [6.07, 6.45) is 0. The number of carbonyl (C=O) groups is 2. The van der Waals surface area contributed by atoms with E-state index in [1.54, 1.807) is 48.5 Å². The molecule has 7 nitrogen and oxygen atoms in total. The second-order valence-electron chi connectivity index (χ2n) is 6.34. The van der Waals surface area contributed by atoms with Gasteiger partial charge < -0.3 is 20.3 Å². The smallest absolute Gasteiger partial charge is 0.252 e. The summed E-state index contributed by atoms with van der Waals surface area (Å²) < 4.78 is 10.9. The molecule has 3 aromatic rings. The zero-order valence-corrected chi connectivity index (χ0v) is 15.6. The average molecular weight is 379 g/mol. The van der Waals surface area contributed by atoms with Crippen LogP contribution in [-0.2, 0) is 11.4 Å². The van der Waals surface area contributed by atoms with Crippen LogP contribution in [0.3, 0.4) is 0 Å². The predicted molar refractivity (Wildman–Crippen MR) is 103 cm³/mol. The van der Waals surface area contributed by atoms with Gasteiger partial charge in [0.25, 0.3) is 5.91 Å².